The first kappa shape index (κ1) is 25.4. The Labute approximate surface area is 224 Å². The SMILES string of the molecule is Cl.NC(Cc1c[nH]cn1)C(=O)Nc1ccc2cccc(OC[C@H]3CCCN3c3ncnc4[nH]cnc34)c2c1. The van der Waals surface area contributed by atoms with Crippen molar-refractivity contribution in [2.24, 2.45) is 5.73 Å². The molecule has 2 atom stereocenters. The van der Waals surface area contributed by atoms with E-state index in [0.29, 0.717) is 18.7 Å². The summed E-state index contributed by atoms with van der Waals surface area (Å²) in [4.78, 5) is 38.2. The fourth-order valence-corrected chi connectivity index (χ4v) is 4.84. The van der Waals surface area contributed by atoms with Crippen molar-refractivity contribution in [1.29, 1.82) is 0 Å². The smallest absolute Gasteiger partial charge is 0.241 e. The number of nitrogens with zero attached hydrogens (tertiary/aromatic N) is 5. The Balaban J connectivity index is 0.00000294. The Kier molecular flexibility index (Phi) is 7.38. The number of imidazole rings is 2. The molecular weight excluding hydrogens is 506 g/mol. The van der Waals surface area contributed by atoms with E-state index in [0.717, 1.165) is 58.6 Å². The lowest BCUT2D eigenvalue weighted by atomic mass is 10.1. The van der Waals surface area contributed by atoms with Crippen molar-refractivity contribution in [1.82, 2.24) is 29.9 Å². The molecule has 1 fully saturated rings. The largest absolute Gasteiger partial charge is 0.491 e. The number of carbonyl (C=O) groups excluding carboxylic acids is 1. The lowest BCUT2D eigenvalue weighted by molar-refractivity contribution is -0.117. The molecule has 38 heavy (non-hydrogen) atoms. The zero-order chi connectivity index (χ0) is 25.2. The summed E-state index contributed by atoms with van der Waals surface area (Å²) in [7, 11) is 0. The van der Waals surface area contributed by atoms with Gasteiger partial charge in [0.25, 0.3) is 0 Å². The molecule has 2 aromatic carbocycles. The number of ether oxygens (including phenoxy) is 1. The molecule has 4 heterocycles. The highest BCUT2D eigenvalue weighted by molar-refractivity contribution is 5.98. The van der Waals surface area contributed by atoms with Crippen LogP contribution in [0.2, 0.25) is 0 Å². The lowest BCUT2D eigenvalue weighted by Crippen LogP contribution is -2.37. The summed E-state index contributed by atoms with van der Waals surface area (Å²) < 4.78 is 6.36. The predicted octanol–water partition coefficient (Wildman–Crippen LogP) is 3.21. The van der Waals surface area contributed by atoms with Crippen molar-refractivity contribution in [2.75, 3.05) is 23.4 Å². The second kappa shape index (κ2) is 11.0. The number of nitrogens with one attached hydrogen (secondary N) is 3. The van der Waals surface area contributed by atoms with Crippen LogP contribution in [-0.2, 0) is 11.2 Å². The molecule has 0 bridgehead atoms. The quantitative estimate of drug-likeness (QED) is 0.237. The number of fused-ring (bicyclic) bond motifs is 2. The van der Waals surface area contributed by atoms with Crippen LogP contribution in [0.1, 0.15) is 18.5 Å². The molecule has 1 saturated heterocycles. The standard InChI is InChI=1S/C26H27N9O2.ClH/c27-21(10-18-11-28-13-29-18)26(36)34-17-7-6-16-3-1-5-22(20(16)9-17)37-12-19-4-2-8-35(19)25-23-24(31-14-30-23)32-15-33-25;/h1,3,5-7,9,11,13-15,19,21H,2,4,8,10,12,27H2,(H,28,29)(H,34,36)(H,30,31,32,33);1H/t19-,21?;/m1./s1. The summed E-state index contributed by atoms with van der Waals surface area (Å²) in [5.74, 6) is 1.32. The summed E-state index contributed by atoms with van der Waals surface area (Å²) in [5.41, 5.74) is 9.00. The number of anilines is 2. The van der Waals surface area contributed by atoms with E-state index in [-0.39, 0.29) is 24.4 Å². The number of benzene rings is 2. The molecule has 3 aromatic heterocycles. The third-order valence-electron chi connectivity index (χ3n) is 6.71. The number of carbonyl (C=O) groups is 1. The maximum Gasteiger partial charge on any atom is 0.241 e. The molecule has 1 aliphatic heterocycles. The van der Waals surface area contributed by atoms with Gasteiger partial charge in [0.05, 0.1) is 30.4 Å². The minimum atomic E-state index is -0.707. The van der Waals surface area contributed by atoms with Crippen LogP contribution >= 0.6 is 12.4 Å². The number of rotatable bonds is 8. The Morgan fingerprint density at radius 3 is 2.97 bits per heavy atom. The van der Waals surface area contributed by atoms with E-state index in [2.05, 4.69) is 40.1 Å². The average molecular weight is 534 g/mol. The Morgan fingerprint density at radius 2 is 2.11 bits per heavy atom. The summed E-state index contributed by atoms with van der Waals surface area (Å²) in [6.45, 7) is 1.39. The van der Waals surface area contributed by atoms with Crippen LogP contribution in [-0.4, -0.2) is 61.0 Å². The number of halogens is 1. The maximum absolute atomic E-state index is 12.7. The van der Waals surface area contributed by atoms with Crippen molar-refractivity contribution in [3.05, 3.63) is 67.3 Å². The van der Waals surface area contributed by atoms with Crippen molar-refractivity contribution in [2.45, 2.75) is 31.3 Å². The number of amides is 1. The van der Waals surface area contributed by atoms with Gasteiger partial charge in [-0.1, -0.05) is 18.2 Å². The first-order valence-electron chi connectivity index (χ1n) is 12.3. The number of hydrogen-bond donors (Lipinski definition) is 4. The monoisotopic (exact) mass is 533 g/mol. The molecule has 0 spiro atoms. The number of H-pyrrole nitrogens is 2. The van der Waals surface area contributed by atoms with Crippen LogP contribution in [0, 0.1) is 0 Å². The average Bonchev–Trinajstić information content (AvgIpc) is 3.69. The van der Waals surface area contributed by atoms with Crippen LogP contribution in [0.3, 0.4) is 0 Å². The van der Waals surface area contributed by atoms with Gasteiger partial charge < -0.3 is 30.7 Å². The van der Waals surface area contributed by atoms with Gasteiger partial charge in [0.15, 0.2) is 11.5 Å². The van der Waals surface area contributed by atoms with Gasteiger partial charge in [-0.15, -0.1) is 12.4 Å². The van der Waals surface area contributed by atoms with E-state index in [4.69, 9.17) is 10.5 Å². The Morgan fingerprint density at radius 1 is 1.18 bits per heavy atom. The molecule has 6 rings (SSSR count). The van der Waals surface area contributed by atoms with Crippen LogP contribution in [0.5, 0.6) is 5.75 Å². The molecule has 11 nitrogen and oxygen atoms in total. The van der Waals surface area contributed by atoms with Gasteiger partial charge in [-0.25, -0.2) is 19.9 Å². The van der Waals surface area contributed by atoms with Gasteiger partial charge in [0.1, 0.15) is 24.2 Å². The van der Waals surface area contributed by atoms with Gasteiger partial charge in [0, 0.05) is 30.2 Å². The Bertz CT molecular complexity index is 1540. The van der Waals surface area contributed by atoms with Crippen LogP contribution in [0.4, 0.5) is 11.5 Å². The second-order valence-corrected chi connectivity index (χ2v) is 9.15. The normalized spacial score (nSPS) is 15.9. The van der Waals surface area contributed by atoms with E-state index in [1.54, 1.807) is 25.2 Å². The summed E-state index contributed by atoms with van der Waals surface area (Å²) >= 11 is 0. The highest BCUT2D eigenvalue weighted by atomic mass is 35.5. The van der Waals surface area contributed by atoms with E-state index in [1.807, 2.05) is 36.4 Å². The zero-order valence-electron chi connectivity index (χ0n) is 20.5. The molecule has 1 amide bonds. The van der Waals surface area contributed by atoms with E-state index >= 15 is 0 Å². The number of hydrogen-bond acceptors (Lipinski definition) is 8. The first-order chi connectivity index (χ1) is 18.2. The van der Waals surface area contributed by atoms with Crippen molar-refractivity contribution in [3.63, 3.8) is 0 Å². The van der Waals surface area contributed by atoms with E-state index in [1.165, 1.54) is 0 Å². The number of aromatic amines is 2. The molecule has 0 saturated carbocycles. The third-order valence-corrected chi connectivity index (χ3v) is 6.71. The third kappa shape index (κ3) is 5.11. The van der Waals surface area contributed by atoms with Crippen LogP contribution in [0.15, 0.2) is 61.6 Å². The molecule has 196 valence electrons. The molecule has 0 aliphatic carbocycles. The van der Waals surface area contributed by atoms with Gasteiger partial charge in [-0.2, -0.15) is 0 Å². The van der Waals surface area contributed by atoms with Crippen molar-refractivity contribution in [3.8, 4) is 5.75 Å². The fraction of sp³-hybridized carbons (Fsp3) is 0.269. The molecular formula is C26H28ClN9O2. The van der Waals surface area contributed by atoms with Gasteiger partial charge in [0.2, 0.25) is 5.91 Å². The summed E-state index contributed by atoms with van der Waals surface area (Å²) in [6, 6.07) is 11.2. The van der Waals surface area contributed by atoms with Crippen LogP contribution < -0.4 is 20.7 Å². The second-order valence-electron chi connectivity index (χ2n) is 9.15. The van der Waals surface area contributed by atoms with E-state index in [9.17, 15) is 4.79 Å². The molecule has 1 unspecified atom stereocenters. The highest BCUT2D eigenvalue weighted by Gasteiger charge is 2.28. The number of aromatic nitrogens is 6. The topological polar surface area (TPSA) is 151 Å². The van der Waals surface area contributed by atoms with Crippen molar-refractivity contribution < 1.29 is 9.53 Å². The lowest BCUT2D eigenvalue weighted by Gasteiger charge is -2.26. The van der Waals surface area contributed by atoms with Crippen LogP contribution in [0.25, 0.3) is 21.9 Å². The molecule has 5 aromatic rings. The van der Waals surface area contributed by atoms with Gasteiger partial charge in [-0.3, -0.25) is 4.79 Å². The Hall–Kier alpha value is -4.22. The first-order valence-corrected chi connectivity index (χ1v) is 12.3. The summed E-state index contributed by atoms with van der Waals surface area (Å²) in [6.07, 6.45) is 8.91. The molecule has 1 aliphatic rings. The molecule has 5 N–H and O–H groups in total. The van der Waals surface area contributed by atoms with Gasteiger partial charge in [-0.05, 0) is 36.4 Å². The predicted molar refractivity (Wildman–Crippen MR) is 148 cm³/mol. The summed E-state index contributed by atoms with van der Waals surface area (Å²) in [5, 5.41) is 4.86. The number of nitrogens with two attached hydrogens (primary N) is 1. The maximum atomic E-state index is 12.7. The van der Waals surface area contributed by atoms with E-state index < -0.39 is 6.04 Å². The fourth-order valence-electron chi connectivity index (χ4n) is 4.84. The zero-order valence-corrected chi connectivity index (χ0v) is 21.3. The van der Waals surface area contributed by atoms with Crippen molar-refractivity contribution >= 4 is 51.8 Å². The molecule has 0 radical (unpaired) electrons. The minimum absolute atomic E-state index is 0. The van der Waals surface area contributed by atoms with Gasteiger partial charge >= 0.3 is 0 Å². The highest BCUT2D eigenvalue weighted by Crippen LogP contribution is 2.31. The molecule has 12 heteroatoms. The minimum Gasteiger partial charge on any atom is -0.491 e.